The van der Waals surface area contributed by atoms with Gasteiger partial charge in [0.1, 0.15) is 5.15 Å². The number of aryl methyl sites for hydroxylation is 1. The van der Waals surface area contributed by atoms with E-state index in [2.05, 4.69) is 10.1 Å². The van der Waals surface area contributed by atoms with E-state index in [-0.39, 0.29) is 20.7 Å². The van der Waals surface area contributed by atoms with Crippen LogP contribution in [0.5, 0.6) is 0 Å². The Morgan fingerprint density at radius 1 is 1.25 bits per heavy atom. The molecule has 0 aromatic carbocycles. The van der Waals surface area contributed by atoms with Crippen molar-refractivity contribution in [3.63, 3.8) is 0 Å². The predicted molar refractivity (Wildman–Crippen MR) is 86.4 cm³/mol. The van der Waals surface area contributed by atoms with Gasteiger partial charge in [-0.2, -0.15) is 31.4 Å². The van der Waals surface area contributed by atoms with Gasteiger partial charge in [-0.3, -0.25) is 9.20 Å². The third kappa shape index (κ3) is 3.73. The van der Waals surface area contributed by atoms with Gasteiger partial charge < -0.3 is 5.11 Å². The molecule has 0 fully saturated rings. The standard InChI is InChI=1S/C14H9ClF6N4O2S/c1-5-10(11(27)14(19,20)21)25-9(26)2-6(22-12(25)28-5)4-24-8(15)3-7(23-24)13(16,17)18/h2-3,11,27H,4H2,1H3. The molecular weight excluding hydrogens is 438 g/mol. The summed E-state index contributed by atoms with van der Waals surface area (Å²) >= 11 is 6.44. The van der Waals surface area contributed by atoms with Crippen molar-refractivity contribution < 1.29 is 31.4 Å². The molecule has 152 valence electrons. The van der Waals surface area contributed by atoms with Crippen LogP contribution in [0.15, 0.2) is 16.9 Å². The van der Waals surface area contributed by atoms with E-state index in [1.165, 1.54) is 6.92 Å². The average molecular weight is 447 g/mol. The van der Waals surface area contributed by atoms with Crippen molar-refractivity contribution in [2.45, 2.75) is 31.9 Å². The third-order valence-electron chi connectivity index (χ3n) is 3.69. The molecule has 1 atom stereocenters. The summed E-state index contributed by atoms with van der Waals surface area (Å²) in [7, 11) is 0. The number of aliphatic hydroxyl groups is 1. The molecule has 0 aliphatic rings. The Balaban J connectivity index is 2.05. The summed E-state index contributed by atoms with van der Waals surface area (Å²) in [6.45, 7) is 0.873. The lowest BCUT2D eigenvalue weighted by Crippen LogP contribution is -2.26. The van der Waals surface area contributed by atoms with Gasteiger partial charge in [0.05, 0.1) is 17.9 Å². The minimum Gasteiger partial charge on any atom is -0.378 e. The topological polar surface area (TPSA) is 72.4 Å². The van der Waals surface area contributed by atoms with Gasteiger partial charge in [-0.15, -0.1) is 11.3 Å². The second-order valence-electron chi connectivity index (χ2n) is 5.70. The van der Waals surface area contributed by atoms with Crippen LogP contribution in [0.1, 0.15) is 28.1 Å². The Kier molecular flexibility index (Phi) is 4.96. The van der Waals surface area contributed by atoms with Crippen LogP contribution in [0.25, 0.3) is 4.96 Å². The van der Waals surface area contributed by atoms with Gasteiger partial charge in [0.25, 0.3) is 5.56 Å². The van der Waals surface area contributed by atoms with Crippen molar-refractivity contribution in [2.24, 2.45) is 0 Å². The van der Waals surface area contributed by atoms with Crippen molar-refractivity contribution in [2.75, 3.05) is 0 Å². The molecule has 0 spiro atoms. The number of aromatic nitrogens is 4. The maximum absolute atomic E-state index is 12.9. The van der Waals surface area contributed by atoms with Crippen molar-refractivity contribution in [1.82, 2.24) is 19.2 Å². The molecule has 3 heterocycles. The normalized spacial score (nSPS) is 14.0. The van der Waals surface area contributed by atoms with E-state index in [1.54, 1.807) is 0 Å². The molecule has 0 aliphatic carbocycles. The molecule has 0 radical (unpaired) electrons. The van der Waals surface area contributed by atoms with Gasteiger partial charge in [-0.25, -0.2) is 9.67 Å². The molecule has 1 N–H and O–H groups in total. The first kappa shape index (κ1) is 20.6. The largest absolute Gasteiger partial charge is 0.435 e. The number of halogens is 7. The van der Waals surface area contributed by atoms with Gasteiger partial charge in [0.15, 0.2) is 16.8 Å². The maximum Gasteiger partial charge on any atom is 0.435 e. The number of hydrogen-bond acceptors (Lipinski definition) is 5. The van der Waals surface area contributed by atoms with Crippen LogP contribution in [0, 0.1) is 6.92 Å². The maximum atomic E-state index is 12.9. The molecule has 14 heteroatoms. The number of rotatable bonds is 3. The zero-order valence-electron chi connectivity index (χ0n) is 13.6. The number of aliphatic hydroxyl groups excluding tert-OH is 1. The number of alkyl halides is 6. The fraction of sp³-hybridized carbons (Fsp3) is 0.357. The molecule has 0 saturated heterocycles. The van der Waals surface area contributed by atoms with Gasteiger partial charge in [0.2, 0.25) is 0 Å². The summed E-state index contributed by atoms with van der Waals surface area (Å²) in [5.41, 5.74) is -2.88. The van der Waals surface area contributed by atoms with Crippen LogP contribution in [0.4, 0.5) is 26.3 Å². The first-order valence-corrected chi connectivity index (χ1v) is 8.55. The highest BCUT2D eigenvalue weighted by Crippen LogP contribution is 2.36. The average Bonchev–Trinajstić information content (AvgIpc) is 3.05. The van der Waals surface area contributed by atoms with Crippen LogP contribution in [0.2, 0.25) is 5.15 Å². The molecule has 3 aromatic heterocycles. The molecule has 3 aromatic rings. The third-order valence-corrected chi connectivity index (χ3v) is 4.97. The number of hydrogen-bond donors (Lipinski definition) is 1. The SMILES string of the molecule is Cc1sc2nc(Cn3nc(C(F)(F)F)cc3Cl)cc(=O)n2c1C(O)C(F)(F)F. The second kappa shape index (κ2) is 6.74. The molecule has 0 aliphatic heterocycles. The summed E-state index contributed by atoms with van der Waals surface area (Å²) in [5, 5.41) is 12.5. The van der Waals surface area contributed by atoms with Crippen molar-refractivity contribution in [3.8, 4) is 0 Å². The molecular formula is C14H9ClF6N4O2S. The Morgan fingerprint density at radius 3 is 2.43 bits per heavy atom. The fourth-order valence-electron chi connectivity index (χ4n) is 2.49. The lowest BCUT2D eigenvalue weighted by atomic mass is 10.2. The van der Waals surface area contributed by atoms with Crippen LogP contribution in [-0.2, 0) is 12.7 Å². The summed E-state index contributed by atoms with van der Waals surface area (Å²) in [5.74, 6) is 0. The van der Waals surface area contributed by atoms with Crippen molar-refractivity contribution >= 4 is 27.9 Å². The minimum absolute atomic E-state index is 0.0167. The van der Waals surface area contributed by atoms with E-state index in [0.717, 1.165) is 22.1 Å². The van der Waals surface area contributed by atoms with E-state index in [0.29, 0.717) is 10.5 Å². The first-order valence-electron chi connectivity index (χ1n) is 7.36. The van der Waals surface area contributed by atoms with Gasteiger partial charge in [-0.05, 0) is 6.92 Å². The molecule has 6 nitrogen and oxygen atoms in total. The van der Waals surface area contributed by atoms with E-state index in [9.17, 15) is 36.2 Å². The Bertz CT molecular complexity index is 1100. The summed E-state index contributed by atoms with van der Waals surface area (Å²) in [6.07, 6.45) is -12.6. The highest BCUT2D eigenvalue weighted by atomic mass is 35.5. The van der Waals surface area contributed by atoms with E-state index < -0.39 is 41.9 Å². The van der Waals surface area contributed by atoms with Crippen molar-refractivity contribution in [1.29, 1.82) is 0 Å². The lowest BCUT2D eigenvalue weighted by molar-refractivity contribution is -0.208. The summed E-state index contributed by atoms with van der Waals surface area (Å²) in [6, 6.07) is 1.44. The van der Waals surface area contributed by atoms with Gasteiger partial charge in [0, 0.05) is 17.0 Å². The zero-order chi connectivity index (χ0) is 21.0. The zero-order valence-corrected chi connectivity index (χ0v) is 15.2. The Hall–Kier alpha value is -2.12. The molecule has 0 bridgehead atoms. The van der Waals surface area contributed by atoms with Crippen LogP contribution in [-0.4, -0.2) is 30.4 Å². The highest BCUT2D eigenvalue weighted by molar-refractivity contribution is 7.17. The molecule has 28 heavy (non-hydrogen) atoms. The second-order valence-corrected chi connectivity index (χ2v) is 7.27. The lowest BCUT2D eigenvalue weighted by Gasteiger charge is -2.15. The van der Waals surface area contributed by atoms with Crippen LogP contribution < -0.4 is 5.56 Å². The Labute approximate surface area is 160 Å². The molecule has 0 saturated carbocycles. The highest BCUT2D eigenvalue weighted by Gasteiger charge is 2.42. The van der Waals surface area contributed by atoms with Gasteiger partial charge >= 0.3 is 12.4 Å². The van der Waals surface area contributed by atoms with Crippen LogP contribution >= 0.6 is 22.9 Å². The monoisotopic (exact) mass is 446 g/mol. The minimum atomic E-state index is -4.99. The Morgan fingerprint density at radius 2 is 1.89 bits per heavy atom. The fourth-order valence-corrected chi connectivity index (χ4v) is 3.72. The predicted octanol–water partition coefficient (Wildman–Crippen LogP) is 3.58. The van der Waals surface area contributed by atoms with E-state index in [4.69, 9.17) is 11.6 Å². The molecule has 1 unspecified atom stereocenters. The molecule has 3 rings (SSSR count). The summed E-state index contributed by atoms with van der Waals surface area (Å²) < 4.78 is 78.0. The van der Waals surface area contributed by atoms with E-state index in [1.807, 2.05) is 0 Å². The number of fused-ring (bicyclic) bond motifs is 1. The van der Waals surface area contributed by atoms with Gasteiger partial charge in [-0.1, -0.05) is 11.6 Å². The van der Waals surface area contributed by atoms with E-state index >= 15 is 0 Å². The first-order chi connectivity index (χ1) is 12.8. The summed E-state index contributed by atoms with van der Waals surface area (Å²) in [4.78, 5) is 16.2. The number of thiazole rings is 1. The molecule has 0 amide bonds. The quantitative estimate of drug-likeness (QED) is 0.624. The van der Waals surface area contributed by atoms with Crippen molar-refractivity contribution in [3.05, 3.63) is 49.6 Å². The smallest absolute Gasteiger partial charge is 0.378 e. The number of nitrogens with zero attached hydrogens (tertiary/aromatic N) is 4. The van der Waals surface area contributed by atoms with Crippen LogP contribution in [0.3, 0.4) is 0 Å².